The number of unbranched alkanes of at least 4 members (excludes halogenated alkanes) is 3. The molecule has 3 N–H and O–H groups in total. The molecule has 1 aliphatic heterocycles. The summed E-state index contributed by atoms with van der Waals surface area (Å²) < 4.78 is 10.3. The molecule has 10 heteroatoms. The second-order valence-corrected chi connectivity index (χ2v) is 11.6. The maximum absolute atomic E-state index is 13.1. The van der Waals surface area contributed by atoms with Crippen molar-refractivity contribution in [3.63, 3.8) is 0 Å². The Morgan fingerprint density at radius 1 is 1.05 bits per heavy atom. The number of hydrogen-bond acceptors (Lipinski definition) is 7. The van der Waals surface area contributed by atoms with Gasteiger partial charge in [0, 0.05) is 12.5 Å². The number of nitrogens with zero attached hydrogens (tertiary/aromatic N) is 1. The van der Waals surface area contributed by atoms with Crippen LogP contribution in [-0.2, 0) is 23.9 Å². The molecule has 0 aromatic rings. The molecule has 2 aliphatic rings. The Balaban J connectivity index is 0.00000117. The van der Waals surface area contributed by atoms with E-state index in [-0.39, 0.29) is 31.1 Å². The van der Waals surface area contributed by atoms with Crippen LogP contribution in [0.5, 0.6) is 0 Å². The maximum atomic E-state index is 13.1. The molecule has 230 valence electrons. The molecule has 40 heavy (non-hydrogen) atoms. The monoisotopic (exact) mass is 567 g/mol. The highest BCUT2D eigenvalue weighted by molar-refractivity contribution is 5.92. The Hall–Kier alpha value is -2.62. The van der Waals surface area contributed by atoms with Crippen molar-refractivity contribution in [1.29, 1.82) is 0 Å². The second-order valence-electron chi connectivity index (χ2n) is 11.6. The summed E-state index contributed by atoms with van der Waals surface area (Å²) in [7, 11) is 0. The van der Waals surface area contributed by atoms with E-state index in [1.165, 1.54) is 17.7 Å². The summed E-state index contributed by atoms with van der Waals surface area (Å²) in [5, 5.41) is 14.0. The first-order valence-corrected chi connectivity index (χ1v) is 15.0. The van der Waals surface area contributed by atoms with Gasteiger partial charge in [-0.2, -0.15) is 0 Å². The number of amides is 3. The van der Waals surface area contributed by atoms with Gasteiger partial charge < -0.3 is 30.1 Å². The molecule has 3 amide bonds. The van der Waals surface area contributed by atoms with E-state index in [4.69, 9.17) is 14.6 Å². The third-order valence-electron chi connectivity index (χ3n) is 6.76. The molecule has 0 spiro atoms. The predicted molar refractivity (Wildman–Crippen MR) is 154 cm³/mol. The number of carbonyl (C=O) groups excluding carboxylic acids is 4. The fourth-order valence-corrected chi connectivity index (χ4v) is 4.63. The minimum absolute atomic E-state index is 0.0463. The average molecular weight is 568 g/mol. The fraction of sp³-hybridized carbons (Fsp3) is 0.800. The van der Waals surface area contributed by atoms with Crippen LogP contribution in [-0.4, -0.2) is 77.4 Å². The molecule has 1 aliphatic carbocycles. The third kappa shape index (κ3) is 14.1. The summed E-state index contributed by atoms with van der Waals surface area (Å²) in [6, 6.07) is -1.54. The zero-order valence-corrected chi connectivity index (χ0v) is 25.5. The summed E-state index contributed by atoms with van der Waals surface area (Å²) in [5.41, 5.74) is -0.674. The lowest BCUT2D eigenvalue weighted by Crippen LogP contribution is -2.54. The summed E-state index contributed by atoms with van der Waals surface area (Å²) >= 11 is 0. The van der Waals surface area contributed by atoms with E-state index in [0.29, 0.717) is 19.4 Å². The van der Waals surface area contributed by atoms with E-state index in [9.17, 15) is 19.2 Å². The first-order chi connectivity index (χ1) is 18.9. The Morgan fingerprint density at radius 3 is 2.27 bits per heavy atom. The van der Waals surface area contributed by atoms with E-state index in [1.54, 1.807) is 27.7 Å². The van der Waals surface area contributed by atoms with Crippen LogP contribution in [0.1, 0.15) is 106 Å². The minimum Gasteiger partial charge on any atom is -0.464 e. The van der Waals surface area contributed by atoms with Gasteiger partial charge >= 0.3 is 12.1 Å². The number of alkyl carbamates (subject to hydrolysis) is 1. The lowest BCUT2D eigenvalue weighted by molar-refractivity contribution is -0.149. The van der Waals surface area contributed by atoms with Crippen molar-refractivity contribution in [1.82, 2.24) is 15.5 Å². The van der Waals surface area contributed by atoms with E-state index in [0.717, 1.165) is 38.5 Å². The topological polar surface area (TPSA) is 134 Å². The van der Waals surface area contributed by atoms with Crippen LogP contribution in [0.15, 0.2) is 12.2 Å². The Bertz CT molecular complexity index is 819. The fourth-order valence-electron chi connectivity index (χ4n) is 4.63. The number of allylic oxidation sites excluding steroid dienone is 1. The molecule has 0 radical (unpaired) electrons. The maximum Gasteiger partial charge on any atom is 0.408 e. The van der Waals surface area contributed by atoms with Gasteiger partial charge in [0.1, 0.15) is 24.2 Å². The quantitative estimate of drug-likeness (QED) is 0.182. The molecule has 0 bridgehead atoms. The predicted octanol–water partition coefficient (Wildman–Crippen LogP) is 4.24. The van der Waals surface area contributed by atoms with Crippen molar-refractivity contribution in [3.05, 3.63) is 12.2 Å². The van der Waals surface area contributed by atoms with Gasteiger partial charge in [-0.15, -0.1) is 0 Å². The number of carbonyl (C=O) groups is 4. The van der Waals surface area contributed by atoms with Crippen LogP contribution in [0.4, 0.5) is 4.79 Å². The normalized spacial score (nSPS) is 19.0. The summed E-state index contributed by atoms with van der Waals surface area (Å²) in [5.74, 6) is -1.53. The number of rotatable bonds is 12. The van der Waals surface area contributed by atoms with Gasteiger partial charge in [0.15, 0.2) is 0 Å². The van der Waals surface area contributed by atoms with Crippen LogP contribution in [0.3, 0.4) is 0 Å². The third-order valence-corrected chi connectivity index (χ3v) is 6.76. The molecular weight excluding hydrogens is 514 g/mol. The standard InChI is InChI=1S/C25H43N3O6.C5H10O/c1-7-9-10-11-12-14-18(3)21(23(31)33-8-2)27-22(30)19-15-13-16-28(19)20(29)17-26-24(32)34-25(4,5)6;6-5-3-1-2-4-5/h12,14,18-19,21H,7-11,13,15-17H2,1-6H3,(H,26,32)(H,27,30);5-6H,1-4H2/b14-12-;. The number of hydrogen-bond donors (Lipinski definition) is 3. The smallest absolute Gasteiger partial charge is 0.408 e. The second kappa shape index (κ2) is 18.7. The highest BCUT2D eigenvalue weighted by Gasteiger charge is 2.37. The number of aliphatic hydroxyl groups excluding tert-OH is 1. The van der Waals surface area contributed by atoms with E-state index < -0.39 is 35.7 Å². The summed E-state index contributed by atoms with van der Waals surface area (Å²) in [6.45, 7) is 11.3. The van der Waals surface area contributed by atoms with E-state index in [1.807, 2.05) is 19.1 Å². The molecule has 3 atom stereocenters. The first kappa shape index (κ1) is 35.4. The van der Waals surface area contributed by atoms with Crippen molar-refractivity contribution < 1.29 is 33.8 Å². The van der Waals surface area contributed by atoms with Crippen molar-refractivity contribution in [2.24, 2.45) is 5.92 Å². The van der Waals surface area contributed by atoms with Crippen LogP contribution in [0.25, 0.3) is 0 Å². The number of ether oxygens (including phenoxy) is 2. The largest absolute Gasteiger partial charge is 0.464 e. The molecule has 10 nitrogen and oxygen atoms in total. The van der Waals surface area contributed by atoms with E-state index >= 15 is 0 Å². The number of aliphatic hydroxyl groups is 1. The molecule has 3 unspecified atom stereocenters. The first-order valence-electron chi connectivity index (χ1n) is 15.0. The van der Waals surface area contributed by atoms with Gasteiger partial charge in [0.05, 0.1) is 12.7 Å². The Labute approximate surface area is 240 Å². The van der Waals surface area contributed by atoms with Crippen molar-refractivity contribution >= 4 is 23.9 Å². The van der Waals surface area contributed by atoms with Crippen LogP contribution in [0.2, 0.25) is 0 Å². The highest BCUT2D eigenvalue weighted by atomic mass is 16.6. The molecule has 2 rings (SSSR count). The number of nitrogens with one attached hydrogen (secondary N) is 2. The van der Waals surface area contributed by atoms with Gasteiger partial charge in [-0.05, 0) is 66.2 Å². The Morgan fingerprint density at radius 2 is 1.73 bits per heavy atom. The lowest BCUT2D eigenvalue weighted by atomic mass is 9.99. The minimum atomic E-state index is -0.840. The van der Waals surface area contributed by atoms with Gasteiger partial charge in [-0.3, -0.25) is 9.59 Å². The van der Waals surface area contributed by atoms with Gasteiger partial charge in [-0.1, -0.05) is 51.7 Å². The summed E-state index contributed by atoms with van der Waals surface area (Å²) in [6.07, 6.45) is 13.3. The number of likely N-dealkylation sites (tertiary alicyclic amines) is 1. The van der Waals surface area contributed by atoms with Crippen molar-refractivity contribution in [2.45, 2.75) is 130 Å². The van der Waals surface area contributed by atoms with Gasteiger partial charge in [-0.25, -0.2) is 9.59 Å². The van der Waals surface area contributed by atoms with Crippen molar-refractivity contribution in [3.8, 4) is 0 Å². The molecule has 1 saturated carbocycles. The van der Waals surface area contributed by atoms with Gasteiger partial charge in [0.25, 0.3) is 0 Å². The molecule has 1 saturated heterocycles. The highest BCUT2D eigenvalue weighted by Crippen LogP contribution is 2.19. The van der Waals surface area contributed by atoms with Crippen LogP contribution >= 0.6 is 0 Å². The van der Waals surface area contributed by atoms with Crippen molar-refractivity contribution in [2.75, 3.05) is 19.7 Å². The molecule has 2 fully saturated rings. The van der Waals surface area contributed by atoms with Crippen LogP contribution in [0, 0.1) is 5.92 Å². The average Bonchev–Trinajstić information content (AvgIpc) is 3.57. The number of esters is 1. The van der Waals surface area contributed by atoms with Crippen LogP contribution < -0.4 is 10.6 Å². The molecule has 1 heterocycles. The van der Waals surface area contributed by atoms with Gasteiger partial charge in [0.2, 0.25) is 11.8 Å². The van der Waals surface area contributed by atoms with E-state index in [2.05, 4.69) is 17.6 Å². The lowest BCUT2D eigenvalue weighted by Gasteiger charge is -2.28. The zero-order valence-electron chi connectivity index (χ0n) is 25.5. The molecular formula is C30H53N3O7. The molecule has 0 aromatic heterocycles. The molecule has 0 aromatic carbocycles. The summed E-state index contributed by atoms with van der Waals surface area (Å²) in [4.78, 5) is 51.6. The zero-order chi connectivity index (χ0) is 30.1. The SMILES string of the molecule is CCCCC/C=C\C(C)C(NC(=O)C1CCCN1C(=O)CNC(=O)OC(C)(C)C)C(=O)OCC.OC1CCCC1. The Kier molecular flexibility index (Phi) is 16.5.